The topological polar surface area (TPSA) is 78.6 Å². The summed E-state index contributed by atoms with van der Waals surface area (Å²) in [6.07, 6.45) is 2.00. The van der Waals surface area contributed by atoms with Gasteiger partial charge >= 0.3 is 5.97 Å². The summed E-state index contributed by atoms with van der Waals surface area (Å²) in [4.78, 5) is 24.1. The maximum atomic E-state index is 11.7. The Hall–Kier alpha value is -2.47. The highest BCUT2D eigenvalue weighted by atomic mass is 32.2. The normalized spacial score (nSPS) is 10.1. The summed E-state index contributed by atoms with van der Waals surface area (Å²) in [6, 6.07) is 14.2. The van der Waals surface area contributed by atoms with E-state index in [0.717, 1.165) is 10.5 Å². The molecule has 0 aliphatic carbocycles. The lowest BCUT2D eigenvalue weighted by Gasteiger charge is -2.09. The molecule has 0 aliphatic rings. The van der Waals surface area contributed by atoms with Crippen LogP contribution in [0.2, 0.25) is 0 Å². The highest BCUT2D eigenvalue weighted by molar-refractivity contribution is 7.98. The van der Waals surface area contributed by atoms with E-state index >= 15 is 0 Å². The molecule has 0 bridgehead atoms. The second-order valence-corrected chi connectivity index (χ2v) is 5.54. The molecule has 0 saturated heterocycles. The van der Waals surface area contributed by atoms with Crippen molar-refractivity contribution in [1.29, 1.82) is 0 Å². The number of carbonyl (C=O) groups excluding carboxylic acids is 2. The van der Waals surface area contributed by atoms with Crippen molar-refractivity contribution in [1.82, 2.24) is 0 Å². The van der Waals surface area contributed by atoms with E-state index in [1.54, 1.807) is 30.0 Å². The first-order valence-corrected chi connectivity index (χ1v) is 8.13. The molecule has 5 nitrogen and oxygen atoms in total. The van der Waals surface area contributed by atoms with Gasteiger partial charge in [-0.2, -0.15) is 0 Å². The van der Waals surface area contributed by atoms with Crippen LogP contribution in [0.1, 0.15) is 15.9 Å². The fourth-order valence-electron chi connectivity index (χ4n) is 1.86. The molecule has 1 amide bonds. The summed E-state index contributed by atoms with van der Waals surface area (Å²) in [5.41, 5.74) is 6.37. The number of thioether (sulfide) groups is 1. The Morgan fingerprint density at radius 3 is 2.43 bits per heavy atom. The second kappa shape index (κ2) is 8.24. The summed E-state index contributed by atoms with van der Waals surface area (Å²) in [7, 11) is 0. The van der Waals surface area contributed by atoms with Gasteiger partial charge in [0.05, 0.1) is 5.56 Å². The minimum atomic E-state index is -0.608. The van der Waals surface area contributed by atoms with E-state index in [4.69, 9.17) is 15.2 Å². The molecular formula is C17H17NO4S. The monoisotopic (exact) mass is 331 g/mol. The van der Waals surface area contributed by atoms with Gasteiger partial charge in [-0.3, -0.25) is 4.79 Å². The van der Waals surface area contributed by atoms with Crippen molar-refractivity contribution in [3.63, 3.8) is 0 Å². The van der Waals surface area contributed by atoms with E-state index in [-0.39, 0.29) is 24.5 Å². The minimum Gasteiger partial charge on any atom is -0.481 e. The number of primary amides is 1. The average molecular weight is 331 g/mol. The highest BCUT2D eigenvalue weighted by Gasteiger charge is 2.11. The Balaban J connectivity index is 1.84. The Morgan fingerprint density at radius 1 is 1.09 bits per heavy atom. The van der Waals surface area contributed by atoms with Crippen LogP contribution in [0.4, 0.5) is 0 Å². The number of nitrogens with two attached hydrogens (primary N) is 1. The smallest absolute Gasteiger partial charge is 0.344 e. The number of carbonyl (C=O) groups is 2. The number of amides is 1. The summed E-state index contributed by atoms with van der Waals surface area (Å²) < 4.78 is 10.4. The number of ether oxygens (including phenoxy) is 2. The lowest BCUT2D eigenvalue weighted by atomic mass is 10.2. The molecule has 6 heteroatoms. The van der Waals surface area contributed by atoms with E-state index in [1.165, 1.54) is 6.07 Å². The van der Waals surface area contributed by atoms with Crippen molar-refractivity contribution in [2.75, 3.05) is 12.9 Å². The summed E-state index contributed by atoms with van der Waals surface area (Å²) in [5, 5.41) is 0. The third-order valence-electron chi connectivity index (χ3n) is 3.06. The Kier molecular flexibility index (Phi) is 6.05. The molecule has 0 heterocycles. The van der Waals surface area contributed by atoms with Crippen molar-refractivity contribution >= 4 is 23.6 Å². The zero-order chi connectivity index (χ0) is 16.7. The lowest BCUT2D eigenvalue weighted by molar-refractivity contribution is -0.147. The molecule has 0 aromatic heterocycles. The van der Waals surface area contributed by atoms with E-state index in [0.29, 0.717) is 0 Å². The Bertz CT molecular complexity index is 685. The van der Waals surface area contributed by atoms with Crippen LogP contribution in [0.3, 0.4) is 0 Å². The number of para-hydroxylation sites is 1. The van der Waals surface area contributed by atoms with Gasteiger partial charge in [0.15, 0.2) is 6.61 Å². The van der Waals surface area contributed by atoms with E-state index < -0.39 is 11.9 Å². The SMILES string of the molecule is CSc1ccc(COC(=O)COc2ccccc2C(N)=O)cc1. The third-order valence-corrected chi connectivity index (χ3v) is 3.80. The second-order valence-electron chi connectivity index (χ2n) is 4.66. The van der Waals surface area contributed by atoms with Gasteiger partial charge in [0.1, 0.15) is 12.4 Å². The van der Waals surface area contributed by atoms with Gasteiger partial charge in [-0.15, -0.1) is 11.8 Å². The molecule has 2 N–H and O–H groups in total. The fraction of sp³-hybridized carbons (Fsp3) is 0.176. The molecule has 2 aromatic carbocycles. The summed E-state index contributed by atoms with van der Waals surface area (Å²) >= 11 is 1.65. The van der Waals surface area contributed by atoms with Crippen LogP contribution in [0.5, 0.6) is 5.75 Å². The first-order valence-electron chi connectivity index (χ1n) is 6.90. The van der Waals surface area contributed by atoms with Gasteiger partial charge in [-0.25, -0.2) is 4.79 Å². The Morgan fingerprint density at radius 2 is 1.78 bits per heavy atom. The summed E-state index contributed by atoms with van der Waals surface area (Å²) in [6.45, 7) is -0.110. The van der Waals surface area contributed by atoms with Crippen molar-refractivity contribution < 1.29 is 19.1 Å². The quantitative estimate of drug-likeness (QED) is 0.623. The first-order chi connectivity index (χ1) is 11.1. The molecule has 0 unspecified atom stereocenters. The van der Waals surface area contributed by atoms with Crippen LogP contribution in [0, 0.1) is 0 Å². The molecule has 120 valence electrons. The molecule has 0 aliphatic heterocycles. The standard InChI is InChI=1S/C17H17NO4S/c1-23-13-8-6-12(7-9-13)10-22-16(19)11-21-15-5-3-2-4-14(15)17(18)20/h2-9H,10-11H2,1H3,(H2,18,20). The predicted molar refractivity (Wildman–Crippen MR) is 88.5 cm³/mol. The van der Waals surface area contributed by atoms with Crippen LogP contribution < -0.4 is 10.5 Å². The maximum Gasteiger partial charge on any atom is 0.344 e. The lowest BCUT2D eigenvalue weighted by Crippen LogP contribution is -2.18. The zero-order valence-electron chi connectivity index (χ0n) is 12.7. The molecule has 23 heavy (non-hydrogen) atoms. The zero-order valence-corrected chi connectivity index (χ0v) is 13.5. The van der Waals surface area contributed by atoms with Gasteiger partial charge in [-0.05, 0) is 36.1 Å². The largest absolute Gasteiger partial charge is 0.481 e. The number of benzene rings is 2. The van der Waals surface area contributed by atoms with E-state index in [9.17, 15) is 9.59 Å². The van der Waals surface area contributed by atoms with E-state index in [1.807, 2.05) is 30.5 Å². The minimum absolute atomic E-state index is 0.175. The fourth-order valence-corrected chi connectivity index (χ4v) is 2.27. The molecule has 2 rings (SSSR count). The van der Waals surface area contributed by atoms with Crippen molar-refractivity contribution in [3.8, 4) is 5.75 Å². The van der Waals surface area contributed by atoms with Gasteiger partial charge in [-0.1, -0.05) is 24.3 Å². The number of rotatable bonds is 7. The van der Waals surface area contributed by atoms with Gasteiger partial charge in [0.25, 0.3) is 5.91 Å². The number of hydrogen-bond acceptors (Lipinski definition) is 5. The average Bonchev–Trinajstić information content (AvgIpc) is 2.58. The molecule has 0 saturated carbocycles. The van der Waals surface area contributed by atoms with Gasteiger partial charge in [0.2, 0.25) is 0 Å². The van der Waals surface area contributed by atoms with Crippen LogP contribution in [-0.4, -0.2) is 24.7 Å². The van der Waals surface area contributed by atoms with Crippen LogP contribution in [0.15, 0.2) is 53.4 Å². The molecule has 0 radical (unpaired) electrons. The van der Waals surface area contributed by atoms with Crippen molar-refractivity contribution in [2.24, 2.45) is 5.73 Å². The summed E-state index contributed by atoms with van der Waals surface area (Å²) in [5.74, 6) is -0.859. The first kappa shape index (κ1) is 16.9. The molecular weight excluding hydrogens is 314 g/mol. The third kappa shape index (κ3) is 5.03. The van der Waals surface area contributed by atoms with Crippen LogP contribution in [0.25, 0.3) is 0 Å². The van der Waals surface area contributed by atoms with Gasteiger partial charge in [0, 0.05) is 4.90 Å². The predicted octanol–water partition coefficient (Wildman–Crippen LogP) is 2.63. The highest BCUT2D eigenvalue weighted by Crippen LogP contribution is 2.17. The van der Waals surface area contributed by atoms with Crippen LogP contribution in [-0.2, 0) is 16.1 Å². The Labute approximate surface area is 138 Å². The maximum absolute atomic E-state index is 11.7. The van der Waals surface area contributed by atoms with Crippen LogP contribution >= 0.6 is 11.8 Å². The number of esters is 1. The van der Waals surface area contributed by atoms with E-state index in [2.05, 4.69) is 0 Å². The van der Waals surface area contributed by atoms with Crippen molar-refractivity contribution in [3.05, 3.63) is 59.7 Å². The molecule has 0 spiro atoms. The van der Waals surface area contributed by atoms with Gasteiger partial charge < -0.3 is 15.2 Å². The molecule has 2 aromatic rings. The van der Waals surface area contributed by atoms with Crippen molar-refractivity contribution in [2.45, 2.75) is 11.5 Å². The molecule has 0 fully saturated rings. The number of hydrogen-bond donors (Lipinski definition) is 1. The molecule has 0 atom stereocenters.